The molecule has 0 fully saturated rings. The number of rotatable bonds is 5. The highest BCUT2D eigenvalue weighted by Crippen LogP contribution is 2.51. The second-order valence-electron chi connectivity index (χ2n) is 3.72. The molecule has 94 valence electrons. The summed E-state index contributed by atoms with van der Waals surface area (Å²) in [5.41, 5.74) is 0. The lowest BCUT2D eigenvalue weighted by atomic mass is 10.4. The third kappa shape index (κ3) is 4.35. The maximum atomic E-state index is 5.98. The Hall–Kier alpha value is 0.120. The summed E-state index contributed by atoms with van der Waals surface area (Å²) in [4.78, 5) is 0. The molecule has 0 aromatic heterocycles. The largest absolute Gasteiger partial charge is 0.345 e. The van der Waals surface area contributed by atoms with Crippen molar-refractivity contribution in [1.29, 1.82) is 0 Å². The molecule has 5 heteroatoms. The first-order chi connectivity index (χ1) is 8.77. The summed E-state index contributed by atoms with van der Waals surface area (Å²) in [7, 11) is 4.86. The number of hydrogen-bond donors (Lipinski definition) is 0. The fourth-order valence-electron chi connectivity index (χ4n) is 1.47. The van der Waals surface area contributed by atoms with Crippen LogP contribution >= 0.6 is 33.3 Å². The highest BCUT2D eigenvalue weighted by molar-refractivity contribution is 8.18. The monoisotopic (exact) mass is 312 g/mol. The van der Waals surface area contributed by atoms with Crippen molar-refractivity contribution >= 4 is 43.9 Å². The number of benzene rings is 2. The van der Waals surface area contributed by atoms with E-state index in [-0.39, 0.29) is 7.61 Å². The predicted octanol–water partition coefficient (Wildman–Crippen LogP) is 4.07. The lowest BCUT2D eigenvalue weighted by molar-refractivity contribution is 0.450. The molecule has 0 spiro atoms. The first-order valence-electron chi connectivity index (χ1n) is 5.57. The molecular formula is C13H16OP4. The van der Waals surface area contributed by atoms with Gasteiger partial charge in [-0.15, -0.1) is 8.93 Å². The van der Waals surface area contributed by atoms with Crippen molar-refractivity contribution < 1.29 is 4.52 Å². The Morgan fingerprint density at radius 1 is 0.778 bits per heavy atom. The van der Waals surface area contributed by atoms with Gasteiger partial charge in [-0.25, -0.2) is 0 Å². The Morgan fingerprint density at radius 3 is 1.83 bits per heavy atom. The summed E-state index contributed by atoms with van der Waals surface area (Å²) in [5, 5.41) is 2.62. The molecule has 4 atom stereocenters. The first-order valence-corrected chi connectivity index (χ1v) is 11.6. The average Bonchev–Trinajstić information content (AvgIpc) is 2.46. The van der Waals surface area contributed by atoms with Crippen LogP contribution in [0.3, 0.4) is 0 Å². The van der Waals surface area contributed by atoms with Gasteiger partial charge in [-0.2, -0.15) is 0 Å². The van der Waals surface area contributed by atoms with Gasteiger partial charge in [0.2, 0.25) is 0 Å². The molecule has 18 heavy (non-hydrogen) atoms. The van der Waals surface area contributed by atoms with Crippen LogP contribution in [0.15, 0.2) is 60.7 Å². The summed E-state index contributed by atoms with van der Waals surface area (Å²) in [6, 6.07) is 20.9. The van der Waals surface area contributed by atoms with Crippen molar-refractivity contribution in [2.24, 2.45) is 0 Å². The summed E-state index contributed by atoms with van der Waals surface area (Å²) in [6.07, 6.45) is 0.786. The fourth-order valence-corrected chi connectivity index (χ4v) is 6.02. The zero-order valence-corrected chi connectivity index (χ0v) is 14.0. The van der Waals surface area contributed by atoms with E-state index in [0.29, 0.717) is 0 Å². The normalized spacial score (nSPS) is 14.1. The van der Waals surface area contributed by atoms with Crippen molar-refractivity contribution in [3.8, 4) is 0 Å². The molecule has 2 aromatic rings. The zero-order chi connectivity index (χ0) is 12.8. The summed E-state index contributed by atoms with van der Waals surface area (Å²) < 4.78 is 5.98. The van der Waals surface area contributed by atoms with E-state index in [9.17, 15) is 0 Å². The Morgan fingerprint density at radius 2 is 1.28 bits per heavy atom. The molecule has 0 aliphatic rings. The van der Waals surface area contributed by atoms with Gasteiger partial charge < -0.3 is 4.52 Å². The molecule has 0 radical (unpaired) electrons. The van der Waals surface area contributed by atoms with E-state index in [1.165, 1.54) is 10.6 Å². The quantitative estimate of drug-likeness (QED) is 0.756. The molecule has 2 aromatic carbocycles. The van der Waals surface area contributed by atoms with Crippen LogP contribution in [0, 0.1) is 0 Å². The Labute approximate surface area is 116 Å². The van der Waals surface area contributed by atoms with Crippen LogP contribution in [0.1, 0.15) is 0 Å². The van der Waals surface area contributed by atoms with Crippen LogP contribution in [-0.4, -0.2) is 6.35 Å². The molecule has 0 aliphatic carbocycles. The van der Waals surface area contributed by atoms with E-state index in [1.54, 1.807) is 0 Å². The van der Waals surface area contributed by atoms with Crippen LogP contribution in [0.4, 0.5) is 0 Å². The SMILES string of the molecule is PP(COP(P)c1ccccc1)c1ccccc1. The van der Waals surface area contributed by atoms with E-state index >= 15 is 0 Å². The van der Waals surface area contributed by atoms with Crippen molar-refractivity contribution in [3.05, 3.63) is 60.7 Å². The second kappa shape index (κ2) is 7.65. The minimum Gasteiger partial charge on any atom is -0.345 e. The lowest BCUT2D eigenvalue weighted by Gasteiger charge is -2.17. The minimum absolute atomic E-state index is 0.301. The summed E-state index contributed by atoms with van der Waals surface area (Å²) in [5.74, 6) is 0. The molecule has 1 nitrogen and oxygen atoms in total. The molecule has 2 rings (SSSR count). The van der Waals surface area contributed by atoms with Gasteiger partial charge in [-0.05, 0) is 12.9 Å². The highest BCUT2D eigenvalue weighted by Gasteiger charge is 2.09. The van der Waals surface area contributed by atoms with E-state index in [0.717, 1.165) is 6.35 Å². The van der Waals surface area contributed by atoms with E-state index in [1.807, 2.05) is 12.1 Å². The molecule has 0 amide bonds. The minimum atomic E-state index is -0.579. The molecule has 0 aliphatic heterocycles. The average molecular weight is 312 g/mol. The zero-order valence-electron chi connectivity index (χ0n) is 9.94. The van der Waals surface area contributed by atoms with E-state index in [2.05, 4.69) is 66.4 Å². The standard InChI is InChI=1S/C13H16OP4/c15-17(12-7-3-1-4-8-12)11-14-18(16)13-9-5-2-6-10-13/h1-10H,11,15-16H2. The third-order valence-electron chi connectivity index (χ3n) is 2.43. The molecule has 0 saturated carbocycles. The molecule has 0 bridgehead atoms. The Balaban J connectivity index is 1.89. The van der Waals surface area contributed by atoms with Gasteiger partial charge in [0.05, 0.1) is 14.2 Å². The summed E-state index contributed by atoms with van der Waals surface area (Å²) >= 11 is 0. The van der Waals surface area contributed by atoms with Gasteiger partial charge in [-0.1, -0.05) is 69.6 Å². The predicted molar refractivity (Wildman–Crippen MR) is 91.4 cm³/mol. The first kappa shape index (κ1) is 14.5. The highest BCUT2D eigenvalue weighted by atomic mass is 32.0. The van der Waals surface area contributed by atoms with Gasteiger partial charge in [-0.3, -0.25) is 0 Å². The van der Waals surface area contributed by atoms with Crippen LogP contribution < -0.4 is 10.6 Å². The Bertz CT molecular complexity index is 417. The maximum absolute atomic E-state index is 5.98. The van der Waals surface area contributed by atoms with Crippen LogP contribution in [0.5, 0.6) is 0 Å². The van der Waals surface area contributed by atoms with Crippen LogP contribution in [-0.2, 0) is 4.52 Å². The Kier molecular flexibility index (Phi) is 6.17. The molecule has 4 unspecified atom stereocenters. The van der Waals surface area contributed by atoms with E-state index in [4.69, 9.17) is 4.52 Å². The van der Waals surface area contributed by atoms with Crippen LogP contribution in [0.2, 0.25) is 0 Å². The van der Waals surface area contributed by atoms with Gasteiger partial charge in [0.25, 0.3) is 0 Å². The maximum Gasteiger partial charge on any atom is 0.0787 e. The van der Waals surface area contributed by atoms with Crippen molar-refractivity contribution in [2.45, 2.75) is 0 Å². The van der Waals surface area contributed by atoms with E-state index < -0.39 is 7.84 Å². The van der Waals surface area contributed by atoms with Gasteiger partial charge in [0, 0.05) is 5.30 Å². The van der Waals surface area contributed by atoms with Crippen molar-refractivity contribution in [3.63, 3.8) is 0 Å². The molecular weight excluding hydrogens is 296 g/mol. The topological polar surface area (TPSA) is 9.23 Å². The molecule has 0 heterocycles. The molecule has 0 N–H and O–H groups in total. The van der Waals surface area contributed by atoms with Crippen LogP contribution in [0.25, 0.3) is 0 Å². The lowest BCUT2D eigenvalue weighted by Crippen LogP contribution is -2.02. The van der Waals surface area contributed by atoms with Gasteiger partial charge in [0.15, 0.2) is 0 Å². The fraction of sp³-hybridized carbons (Fsp3) is 0.0769. The van der Waals surface area contributed by atoms with Crippen molar-refractivity contribution in [1.82, 2.24) is 0 Å². The smallest absolute Gasteiger partial charge is 0.0787 e. The summed E-state index contributed by atoms with van der Waals surface area (Å²) in [6.45, 7) is 0. The second-order valence-corrected chi connectivity index (χ2v) is 10.1. The molecule has 0 saturated heterocycles. The number of hydrogen-bond acceptors (Lipinski definition) is 1. The third-order valence-corrected chi connectivity index (χ3v) is 7.90. The van der Waals surface area contributed by atoms with Crippen molar-refractivity contribution in [2.75, 3.05) is 6.35 Å². The van der Waals surface area contributed by atoms with Gasteiger partial charge >= 0.3 is 0 Å². The van der Waals surface area contributed by atoms with Gasteiger partial charge in [0.1, 0.15) is 0 Å².